The summed E-state index contributed by atoms with van der Waals surface area (Å²) in [6.45, 7) is 2.26. The van der Waals surface area contributed by atoms with E-state index in [0.29, 0.717) is 11.7 Å². The van der Waals surface area contributed by atoms with Crippen molar-refractivity contribution in [3.05, 3.63) is 0 Å². The molecule has 0 radical (unpaired) electrons. The summed E-state index contributed by atoms with van der Waals surface area (Å²) in [5, 5.41) is 9.93. The van der Waals surface area contributed by atoms with Gasteiger partial charge in [0.25, 0.3) is 0 Å². The van der Waals surface area contributed by atoms with Gasteiger partial charge in [-0.2, -0.15) is 0 Å². The van der Waals surface area contributed by atoms with Crippen LogP contribution >= 0.6 is 0 Å². The van der Waals surface area contributed by atoms with Crippen LogP contribution in [-0.2, 0) is 4.79 Å². The van der Waals surface area contributed by atoms with Gasteiger partial charge in [0.1, 0.15) is 5.78 Å². The Morgan fingerprint density at radius 1 is 1.00 bits per heavy atom. The molecule has 0 saturated heterocycles. The number of ketones is 1. The third-order valence-corrected chi connectivity index (χ3v) is 7.59. The van der Waals surface area contributed by atoms with Crippen LogP contribution in [0.3, 0.4) is 0 Å². The van der Waals surface area contributed by atoms with Crippen molar-refractivity contribution in [1.29, 1.82) is 0 Å². The van der Waals surface area contributed by atoms with E-state index >= 15 is 0 Å². The molecule has 4 rings (SSSR count). The topological polar surface area (TPSA) is 37.3 Å². The Kier molecular flexibility index (Phi) is 3.03. The summed E-state index contributed by atoms with van der Waals surface area (Å²) in [5.74, 6) is 4.53. The number of Topliss-reactive ketones (excluding diaryl/α,β-unsaturated/α-hetero) is 1. The van der Waals surface area contributed by atoms with E-state index in [4.69, 9.17) is 0 Å². The summed E-state index contributed by atoms with van der Waals surface area (Å²) >= 11 is 0. The van der Waals surface area contributed by atoms with Gasteiger partial charge < -0.3 is 5.11 Å². The predicted octanol–water partition coefficient (Wildman–Crippen LogP) is 3.57. The second-order valence-corrected chi connectivity index (χ2v) is 8.41. The third kappa shape index (κ3) is 1.83. The quantitative estimate of drug-likeness (QED) is 0.734. The minimum absolute atomic E-state index is 0.0299. The normalized spacial score (nSPS) is 55.0. The van der Waals surface area contributed by atoms with Crippen molar-refractivity contribution < 1.29 is 9.90 Å². The van der Waals surface area contributed by atoms with Gasteiger partial charge >= 0.3 is 0 Å². The molecule has 0 bridgehead atoms. The summed E-state index contributed by atoms with van der Waals surface area (Å²) in [5.41, 5.74) is 0.0299. The Hall–Kier alpha value is -0.370. The lowest BCUT2D eigenvalue weighted by Crippen LogP contribution is -2.47. The molecule has 4 fully saturated rings. The number of carbonyl (C=O) groups excluding carboxylic acids is 1. The average molecular weight is 276 g/mol. The van der Waals surface area contributed by atoms with Crippen molar-refractivity contribution >= 4 is 5.78 Å². The lowest BCUT2D eigenvalue weighted by molar-refractivity contribution is -0.132. The van der Waals surface area contributed by atoms with Crippen molar-refractivity contribution in [1.82, 2.24) is 0 Å². The smallest absolute Gasteiger partial charge is 0.139 e. The van der Waals surface area contributed by atoms with Gasteiger partial charge in [-0.1, -0.05) is 6.92 Å². The molecule has 1 N–H and O–H groups in total. The zero-order valence-electron chi connectivity index (χ0n) is 12.7. The standard InChI is InChI=1S/C18H28O2/c1-18-7-6-12-8-13-9-14(19)3-2-11(13)10-15(12)16(18)4-5-17(18)20/h11-16,19H,2-10H2,1H3/t11-,12+,13?,14?,15+,16-,18-/m1/s1. The fraction of sp³-hybridized carbons (Fsp3) is 0.944. The van der Waals surface area contributed by atoms with Crippen LogP contribution in [0.5, 0.6) is 0 Å². The highest BCUT2D eigenvalue weighted by molar-refractivity contribution is 5.87. The van der Waals surface area contributed by atoms with Crippen molar-refractivity contribution in [2.75, 3.05) is 0 Å². The summed E-state index contributed by atoms with van der Waals surface area (Å²) < 4.78 is 0. The molecule has 2 nitrogen and oxygen atoms in total. The van der Waals surface area contributed by atoms with Crippen molar-refractivity contribution in [3.8, 4) is 0 Å². The molecule has 20 heavy (non-hydrogen) atoms. The molecule has 0 aromatic carbocycles. The predicted molar refractivity (Wildman–Crippen MR) is 78.1 cm³/mol. The van der Waals surface area contributed by atoms with E-state index in [2.05, 4.69) is 6.92 Å². The zero-order chi connectivity index (χ0) is 13.9. The number of aliphatic hydroxyl groups excluding tert-OH is 1. The summed E-state index contributed by atoms with van der Waals surface area (Å²) in [4.78, 5) is 12.3. The first-order chi connectivity index (χ1) is 9.58. The molecule has 2 heteroatoms. The van der Waals surface area contributed by atoms with Gasteiger partial charge in [-0.15, -0.1) is 0 Å². The van der Waals surface area contributed by atoms with Gasteiger partial charge in [-0.3, -0.25) is 4.79 Å². The third-order valence-electron chi connectivity index (χ3n) is 7.59. The van der Waals surface area contributed by atoms with Crippen LogP contribution in [-0.4, -0.2) is 17.0 Å². The lowest BCUT2D eigenvalue weighted by Gasteiger charge is -2.53. The highest BCUT2D eigenvalue weighted by Gasteiger charge is 2.55. The minimum atomic E-state index is -0.0327. The Balaban J connectivity index is 1.56. The van der Waals surface area contributed by atoms with E-state index in [9.17, 15) is 9.90 Å². The molecule has 0 aromatic heterocycles. The maximum atomic E-state index is 12.3. The van der Waals surface area contributed by atoms with Crippen LogP contribution in [0.25, 0.3) is 0 Å². The fourth-order valence-corrected chi connectivity index (χ4v) is 6.43. The molecule has 7 atom stereocenters. The molecule has 112 valence electrons. The molecule has 0 aromatic rings. The second-order valence-electron chi connectivity index (χ2n) is 8.41. The molecule has 2 unspecified atom stereocenters. The Morgan fingerprint density at radius 2 is 1.85 bits per heavy atom. The molecular formula is C18H28O2. The Labute approximate surface area is 122 Å². The highest BCUT2D eigenvalue weighted by Crippen LogP contribution is 2.60. The molecule has 0 spiro atoms. The van der Waals surface area contributed by atoms with Crippen molar-refractivity contribution in [2.45, 2.75) is 70.8 Å². The first kappa shape index (κ1) is 13.3. The Morgan fingerprint density at radius 3 is 2.70 bits per heavy atom. The second kappa shape index (κ2) is 4.56. The van der Waals surface area contributed by atoms with Crippen molar-refractivity contribution in [3.63, 3.8) is 0 Å². The Bertz CT molecular complexity index is 418. The number of hydrogen-bond donors (Lipinski definition) is 1. The van der Waals surface area contributed by atoms with Gasteiger partial charge in [0, 0.05) is 11.8 Å². The van der Waals surface area contributed by atoms with Crippen LogP contribution in [0.4, 0.5) is 0 Å². The number of rotatable bonds is 0. The average Bonchev–Trinajstić information content (AvgIpc) is 2.73. The fourth-order valence-electron chi connectivity index (χ4n) is 6.43. The van der Waals surface area contributed by atoms with Gasteiger partial charge in [0.15, 0.2) is 0 Å². The number of hydrogen-bond acceptors (Lipinski definition) is 2. The molecule has 4 aliphatic carbocycles. The van der Waals surface area contributed by atoms with E-state index in [-0.39, 0.29) is 11.5 Å². The first-order valence-corrected chi connectivity index (χ1v) is 8.79. The number of aliphatic hydroxyl groups is 1. The maximum Gasteiger partial charge on any atom is 0.139 e. The van der Waals surface area contributed by atoms with Crippen molar-refractivity contribution in [2.24, 2.45) is 35.0 Å². The molecule has 0 aliphatic heterocycles. The number of carbonyl (C=O) groups is 1. The van der Waals surface area contributed by atoms with E-state index in [1.54, 1.807) is 0 Å². The summed E-state index contributed by atoms with van der Waals surface area (Å²) in [6.07, 6.45) is 10.4. The SMILES string of the molecule is C[C@@]12CC[C@H]3CC4CC(O)CC[C@@H]4C[C@@H]3[C@H]1CCC2=O. The monoisotopic (exact) mass is 276 g/mol. The summed E-state index contributed by atoms with van der Waals surface area (Å²) in [7, 11) is 0. The minimum Gasteiger partial charge on any atom is -0.393 e. The van der Waals surface area contributed by atoms with Crippen LogP contribution in [0.1, 0.15) is 64.7 Å². The summed E-state index contributed by atoms with van der Waals surface area (Å²) in [6, 6.07) is 0. The molecule has 4 saturated carbocycles. The van der Waals surface area contributed by atoms with Gasteiger partial charge in [-0.05, 0) is 81.0 Å². The molecule has 0 heterocycles. The van der Waals surface area contributed by atoms with E-state index in [1.165, 1.54) is 25.7 Å². The maximum absolute atomic E-state index is 12.3. The van der Waals surface area contributed by atoms with E-state index in [0.717, 1.165) is 55.8 Å². The van der Waals surface area contributed by atoms with E-state index < -0.39 is 0 Å². The van der Waals surface area contributed by atoms with E-state index in [1.807, 2.05) is 0 Å². The highest BCUT2D eigenvalue weighted by atomic mass is 16.3. The largest absolute Gasteiger partial charge is 0.393 e. The van der Waals surface area contributed by atoms with Gasteiger partial charge in [0.05, 0.1) is 6.10 Å². The lowest BCUT2D eigenvalue weighted by atomic mass is 9.52. The van der Waals surface area contributed by atoms with Crippen LogP contribution in [0.15, 0.2) is 0 Å². The molecule has 0 amide bonds. The van der Waals surface area contributed by atoms with Gasteiger partial charge in [-0.25, -0.2) is 0 Å². The van der Waals surface area contributed by atoms with Gasteiger partial charge in [0.2, 0.25) is 0 Å². The molecule has 4 aliphatic rings. The van der Waals surface area contributed by atoms with Crippen LogP contribution in [0.2, 0.25) is 0 Å². The van der Waals surface area contributed by atoms with Crippen LogP contribution in [0, 0.1) is 35.0 Å². The first-order valence-electron chi connectivity index (χ1n) is 8.79. The zero-order valence-corrected chi connectivity index (χ0v) is 12.7. The molecular weight excluding hydrogens is 248 g/mol. The number of fused-ring (bicyclic) bond motifs is 4. The van der Waals surface area contributed by atoms with Crippen LogP contribution < -0.4 is 0 Å².